The van der Waals surface area contributed by atoms with Gasteiger partial charge in [-0.1, -0.05) is 78.9 Å². The standard InChI is InChI=1S/C29H27N3O3/c33-27(18-22-12-5-10-20-8-1-3-14-24(20)22)30-31-28(34)23-13-7-17-32(19-23)29(35)26-16-6-11-21-9-2-4-15-25(21)26/h1-6,8-12,14-16,23H,7,13,17-19H2,(H,30,33)(H,31,34). The molecule has 3 amide bonds. The molecule has 1 atom stereocenters. The van der Waals surface area contributed by atoms with Gasteiger partial charge in [0.15, 0.2) is 0 Å². The van der Waals surface area contributed by atoms with E-state index < -0.39 is 0 Å². The molecule has 4 aromatic rings. The van der Waals surface area contributed by atoms with Crippen LogP contribution in [0, 0.1) is 5.92 Å². The van der Waals surface area contributed by atoms with Crippen molar-refractivity contribution in [1.29, 1.82) is 0 Å². The van der Waals surface area contributed by atoms with Crippen LogP contribution in [0.2, 0.25) is 0 Å². The lowest BCUT2D eigenvalue weighted by Crippen LogP contribution is -2.50. The number of likely N-dealkylation sites (tertiary alicyclic amines) is 1. The van der Waals surface area contributed by atoms with Gasteiger partial charge in [-0.25, -0.2) is 0 Å². The Morgan fingerprint density at radius 1 is 0.771 bits per heavy atom. The van der Waals surface area contributed by atoms with E-state index in [1.54, 1.807) is 4.90 Å². The summed E-state index contributed by atoms with van der Waals surface area (Å²) in [5, 5.41) is 4.01. The predicted octanol–water partition coefficient (Wildman–Crippen LogP) is 4.24. The average Bonchev–Trinajstić information content (AvgIpc) is 2.91. The molecule has 1 unspecified atom stereocenters. The third kappa shape index (κ3) is 4.87. The van der Waals surface area contributed by atoms with Crippen molar-refractivity contribution in [2.75, 3.05) is 13.1 Å². The Morgan fingerprint density at radius 2 is 1.43 bits per heavy atom. The lowest BCUT2D eigenvalue weighted by Gasteiger charge is -2.32. The topological polar surface area (TPSA) is 78.5 Å². The highest BCUT2D eigenvalue weighted by molar-refractivity contribution is 6.07. The van der Waals surface area contributed by atoms with E-state index in [2.05, 4.69) is 10.9 Å². The maximum absolute atomic E-state index is 13.3. The Kier molecular flexibility index (Phi) is 6.44. The van der Waals surface area contributed by atoms with E-state index in [-0.39, 0.29) is 30.1 Å². The summed E-state index contributed by atoms with van der Waals surface area (Å²) >= 11 is 0. The van der Waals surface area contributed by atoms with Crippen LogP contribution in [0.5, 0.6) is 0 Å². The van der Waals surface area contributed by atoms with E-state index in [9.17, 15) is 14.4 Å². The Hall–Kier alpha value is -4.19. The third-order valence-corrected chi connectivity index (χ3v) is 6.66. The van der Waals surface area contributed by atoms with Crippen molar-refractivity contribution in [3.8, 4) is 0 Å². The van der Waals surface area contributed by atoms with Crippen molar-refractivity contribution in [2.24, 2.45) is 5.92 Å². The highest BCUT2D eigenvalue weighted by Crippen LogP contribution is 2.24. The highest BCUT2D eigenvalue weighted by atomic mass is 16.2. The second-order valence-electron chi connectivity index (χ2n) is 8.97. The molecule has 5 rings (SSSR count). The first-order chi connectivity index (χ1) is 17.1. The summed E-state index contributed by atoms with van der Waals surface area (Å²) in [5.74, 6) is -0.999. The minimum absolute atomic E-state index is 0.0701. The van der Waals surface area contributed by atoms with Crippen LogP contribution in [-0.4, -0.2) is 35.7 Å². The molecule has 6 nitrogen and oxygen atoms in total. The summed E-state index contributed by atoms with van der Waals surface area (Å²) in [4.78, 5) is 40.4. The first kappa shape index (κ1) is 22.6. The quantitative estimate of drug-likeness (QED) is 0.443. The Labute approximate surface area is 203 Å². The van der Waals surface area contributed by atoms with Gasteiger partial charge < -0.3 is 4.90 Å². The zero-order valence-corrected chi connectivity index (χ0v) is 19.4. The Morgan fingerprint density at radius 3 is 2.23 bits per heavy atom. The van der Waals surface area contributed by atoms with Crippen molar-refractivity contribution < 1.29 is 14.4 Å². The van der Waals surface area contributed by atoms with Crippen LogP contribution in [0.1, 0.15) is 28.8 Å². The zero-order chi connectivity index (χ0) is 24.2. The predicted molar refractivity (Wildman–Crippen MR) is 137 cm³/mol. The Balaban J connectivity index is 1.20. The maximum atomic E-state index is 13.3. The molecule has 176 valence electrons. The monoisotopic (exact) mass is 465 g/mol. The third-order valence-electron chi connectivity index (χ3n) is 6.66. The van der Waals surface area contributed by atoms with Gasteiger partial charge in [0.25, 0.3) is 5.91 Å². The summed E-state index contributed by atoms with van der Waals surface area (Å²) < 4.78 is 0. The summed E-state index contributed by atoms with van der Waals surface area (Å²) in [6.45, 7) is 0.937. The fourth-order valence-corrected chi connectivity index (χ4v) is 4.86. The maximum Gasteiger partial charge on any atom is 0.254 e. The number of amides is 3. The van der Waals surface area contributed by atoms with Gasteiger partial charge in [-0.3, -0.25) is 25.2 Å². The van der Waals surface area contributed by atoms with Crippen LogP contribution in [0.25, 0.3) is 21.5 Å². The number of hydrazine groups is 1. The molecule has 1 aliphatic rings. The van der Waals surface area contributed by atoms with Gasteiger partial charge >= 0.3 is 0 Å². The van der Waals surface area contributed by atoms with Crippen molar-refractivity contribution in [2.45, 2.75) is 19.3 Å². The number of hydrogen-bond acceptors (Lipinski definition) is 3. The van der Waals surface area contributed by atoms with Crippen LogP contribution < -0.4 is 10.9 Å². The largest absolute Gasteiger partial charge is 0.338 e. The van der Waals surface area contributed by atoms with E-state index in [1.165, 1.54) is 0 Å². The molecule has 1 saturated heterocycles. The number of piperidine rings is 1. The van der Waals surface area contributed by atoms with Gasteiger partial charge in [0, 0.05) is 18.7 Å². The van der Waals surface area contributed by atoms with E-state index in [0.717, 1.165) is 33.5 Å². The van der Waals surface area contributed by atoms with Gasteiger partial charge in [0.2, 0.25) is 11.8 Å². The minimum Gasteiger partial charge on any atom is -0.338 e. The van der Waals surface area contributed by atoms with Crippen molar-refractivity contribution >= 4 is 39.3 Å². The smallest absolute Gasteiger partial charge is 0.254 e. The molecule has 0 aromatic heterocycles. The lowest BCUT2D eigenvalue weighted by atomic mass is 9.96. The Bertz CT molecular complexity index is 1400. The minimum atomic E-state index is -0.375. The highest BCUT2D eigenvalue weighted by Gasteiger charge is 2.29. The molecule has 1 fully saturated rings. The molecule has 1 aliphatic heterocycles. The summed E-state index contributed by atoms with van der Waals surface area (Å²) in [7, 11) is 0. The average molecular weight is 466 g/mol. The molecule has 0 radical (unpaired) electrons. The SMILES string of the molecule is O=C(Cc1cccc2ccccc12)NNC(=O)C1CCCN(C(=O)c2cccc3ccccc23)C1. The lowest BCUT2D eigenvalue weighted by molar-refractivity contribution is -0.131. The van der Waals surface area contributed by atoms with Crippen LogP contribution in [-0.2, 0) is 16.0 Å². The molecule has 0 saturated carbocycles. The number of nitrogens with one attached hydrogen (secondary N) is 2. The van der Waals surface area contributed by atoms with Crippen LogP contribution in [0.3, 0.4) is 0 Å². The number of benzene rings is 4. The summed E-state index contributed by atoms with van der Waals surface area (Å²) in [6.07, 6.45) is 1.57. The van der Waals surface area contributed by atoms with Gasteiger partial charge in [-0.2, -0.15) is 0 Å². The molecular formula is C29H27N3O3. The zero-order valence-electron chi connectivity index (χ0n) is 19.4. The molecule has 6 heteroatoms. The normalized spacial score (nSPS) is 15.7. The molecule has 4 aromatic carbocycles. The molecule has 2 N–H and O–H groups in total. The summed E-state index contributed by atoms with van der Waals surface area (Å²) in [5.41, 5.74) is 6.67. The first-order valence-electron chi connectivity index (χ1n) is 11.9. The number of nitrogens with zero attached hydrogens (tertiary/aromatic N) is 1. The molecule has 0 spiro atoms. The number of fused-ring (bicyclic) bond motifs is 2. The number of carbonyl (C=O) groups is 3. The van der Waals surface area contributed by atoms with Gasteiger partial charge in [-0.05, 0) is 46.0 Å². The fraction of sp³-hybridized carbons (Fsp3) is 0.207. The number of carbonyl (C=O) groups excluding carboxylic acids is 3. The van der Waals surface area contributed by atoms with Gasteiger partial charge in [0.1, 0.15) is 0 Å². The van der Waals surface area contributed by atoms with Gasteiger partial charge in [0.05, 0.1) is 12.3 Å². The van der Waals surface area contributed by atoms with Crippen LogP contribution >= 0.6 is 0 Å². The molecule has 0 bridgehead atoms. The fourth-order valence-electron chi connectivity index (χ4n) is 4.86. The van der Waals surface area contributed by atoms with Crippen LogP contribution in [0.15, 0.2) is 84.9 Å². The van der Waals surface area contributed by atoms with Crippen molar-refractivity contribution in [3.63, 3.8) is 0 Å². The number of rotatable bonds is 4. The van der Waals surface area contributed by atoms with Crippen molar-refractivity contribution in [1.82, 2.24) is 15.8 Å². The van der Waals surface area contributed by atoms with E-state index >= 15 is 0 Å². The van der Waals surface area contributed by atoms with Crippen molar-refractivity contribution in [3.05, 3.63) is 96.1 Å². The molecule has 1 heterocycles. The second kappa shape index (κ2) is 9.97. The second-order valence-corrected chi connectivity index (χ2v) is 8.97. The molecule has 35 heavy (non-hydrogen) atoms. The van der Waals surface area contributed by atoms with E-state index in [0.29, 0.717) is 25.1 Å². The van der Waals surface area contributed by atoms with Crippen LogP contribution in [0.4, 0.5) is 0 Å². The molecule has 0 aliphatic carbocycles. The van der Waals surface area contributed by atoms with E-state index in [1.807, 2.05) is 84.9 Å². The van der Waals surface area contributed by atoms with Gasteiger partial charge in [-0.15, -0.1) is 0 Å². The number of hydrogen-bond donors (Lipinski definition) is 2. The van der Waals surface area contributed by atoms with E-state index in [4.69, 9.17) is 0 Å². The molecular weight excluding hydrogens is 438 g/mol. The summed E-state index contributed by atoms with van der Waals surface area (Å²) in [6, 6.07) is 27.3. The first-order valence-corrected chi connectivity index (χ1v) is 11.9.